The average molecular weight is 360 g/mol. The molecule has 132 valence electrons. The second kappa shape index (κ2) is 7.25. The van der Waals surface area contributed by atoms with Crippen LogP contribution in [0, 0.1) is 0 Å². The molecule has 25 heavy (non-hydrogen) atoms. The van der Waals surface area contributed by atoms with E-state index in [0.717, 1.165) is 12.2 Å². The Balaban J connectivity index is 1.57. The summed E-state index contributed by atoms with van der Waals surface area (Å²) in [5.74, 6) is 0.598. The fourth-order valence-corrected chi connectivity index (χ4v) is 3.72. The van der Waals surface area contributed by atoms with Gasteiger partial charge in [-0.15, -0.1) is 0 Å². The predicted molar refractivity (Wildman–Crippen MR) is 95.3 cm³/mol. The number of amides is 1. The zero-order valence-corrected chi connectivity index (χ0v) is 14.7. The van der Waals surface area contributed by atoms with E-state index < -0.39 is 10.0 Å². The van der Waals surface area contributed by atoms with Crippen molar-refractivity contribution in [2.75, 3.05) is 18.5 Å². The van der Waals surface area contributed by atoms with Gasteiger partial charge in [-0.25, -0.2) is 13.1 Å². The third-order valence-corrected chi connectivity index (χ3v) is 5.44. The lowest BCUT2D eigenvalue weighted by Crippen LogP contribution is -2.28. The number of rotatable bonds is 7. The molecule has 0 spiro atoms. The van der Waals surface area contributed by atoms with E-state index in [0.29, 0.717) is 11.3 Å². The molecule has 0 radical (unpaired) electrons. The number of sulfonamides is 1. The Morgan fingerprint density at radius 1 is 1.20 bits per heavy atom. The zero-order chi connectivity index (χ0) is 17.9. The molecular weight excluding hydrogens is 340 g/mol. The van der Waals surface area contributed by atoms with Gasteiger partial charge < -0.3 is 10.1 Å². The van der Waals surface area contributed by atoms with Crippen molar-refractivity contribution in [3.05, 3.63) is 53.6 Å². The standard InChI is InChI=1S/C18H20N2O4S/c1-2-13-4-3-5-15(10-13)24-9-8-19-25(22,23)16-6-7-17-14(11-16)12-18(21)20-17/h3-7,10-11,19H,2,8-9,12H2,1H3,(H,20,21). The zero-order valence-electron chi connectivity index (χ0n) is 13.9. The molecule has 2 aromatic carbocycles. The summed E-state index contributed by atoms with van der Waals surface area (Å²) in [6.07, 6.45) is 1.12. The smallest absolute Gasteiger partial charge is 0.240 e. The molecule has 6 nitrogen and oxygen atoms in total. The fourth-order valence-electron chi connectivity index (χ4n) is 2.66. The Hall–Kier alpha value is -2.38. The van der Waals surface area contributed by atoms with Gasteiger partial charge in [0, 0.05) is 12.2 Å². The van der Waals surface area contributed by atoms with E-state index in [1.165, 1.54) is 17.7 Å². The van der Waals surface area contributed by atoms with E-state index in [9.17, 15) is 13.2 Å². The van der Waals surface area contributed by atoms with Crippen molar-refractivity contribution in [1.82, 2.24) is 4.72 Å². The molecule has 0 atom stereocenters. The molecule has 2 aromatic rings. The van der Waals surface area contributed by atoms with Crippen LogP contribution in [0.3, 0.4) is 0 Å². The van der Waals surface area contributed by atoms with Crippen LogP contribution in [0.4, 0.5) is 5.69 Å². The number of nitrogens with one attached hydrogen (secondary N) is 2. The molecule has 0 bridgehead atoms. The van der Waals surface area contributed by atoms with Crippen LogP contribution >= 0.6 is 0 Å². The summed E-state index contributed by atoms with van der Waals surface area (Å²) in [4.78, 5) is 11.5. The van der Waals surface area contributed by atoms with E-state index in [1.54, 1.807) is 6.07 Å². The first-order chi connectivity index (χ1) is 12.0. The number of carbonyl (C=O) groups excluding carboxylic acids is 1. The molecule has 3 rings (SSSR count). The summed E-state index contributed by atoms with van der Waals surface area (Å²) in [6, 6.07) is 12.3. The summed E-state index contributed by atoms with van der Waals surface area (Å²) in [5, 5.41) is 2.68. The molecule has 1 aliphatic rings. The number of hydrogen-bond acceptors (Lipinski definition) is 4. The van der Waals surface area contributed by atoms with E-state index in [4.69, 9.17) is 4.74 Å². The maximum absolute atomic E-state index is 12.4. The van der Waals surface area contributed by atoms with Gasteiger partial charge in [0.2, 0.25) is 15.9 Å². The molecule has 0 saturated heterocycles. The summed E-state index contributed by atoms with van der Waals surface area (Å²) in [7, 11) is -3.64. The number of carbonyl (C=O) groups is 1. The van der Waals surface area contributed by atoms with E-state index in [1.807, 2.05) is 24.3 Å². The topological polar surface area (TPSA) is 84.5 Å². The van der Waals surface area contributed by atoms with Crippen molar-refractivity contribution < 1.29 is 17.9 Å². The molecule has 0 aromatic heterocycles. The van der Waals surface area contributed by atoms with Crippen LogP contribution in [0.25, 0.3) is 0 Å². The van der Waals surface area contributed by atoms with Crippen LogP contribution in [0.5, 0.6) is 5.75 Å². The van der Waals surface area contributed by atoms with E-state index >= 15 is 0 Å². The molecule has 0 unspecified atom stereocenters. The lowest BCUT2D eigenvalue weighted by molar-refractivity contribution is -0.115. The monoisotopic (exact) mass is 360 g/mol. The maximum Gasteiger partial charge on any atom is 0.240 e. The number of anilines is 1. The highest BCUT2D eigenvalue weighted by Gasteiger charge is 2.21. The Morgan fingerprint density at radius 3 is 2.84 bits per heavy atom. The third kappa shape index (κ3) is 4.18. The van der Waals surface area contributed by atoms with Gasteiger partial charge in [-0.3, -0.25) is 4.79 Å². The average Bonchev–Trinajstić information content (AvgIpc) is 2.98. The Labute approximate surface area is 147 Å². The second-order valence-electron chi connectivity index (χ2n) is 5.79. The van der Waals surface area contributed by atoms with Crippen LogP contribution < -0.4 is 14.8 Å². The molecule has 2 N–H and O–H groups in total. The van der Waals surface area contributed by atoms with Gasteiger partial charge in [-0.2, -0.15) is 0 Å². The predicted octanol–water partition coefficient (Wildman–Crippen LogP) is 2.10. The lowest BCUT2D eigenvalue weighted by atomic mass is 10.2. The van der Waals surface area contributed by atoms with Gasteiger partial charge in [0.05, 0.1) is 11.3 Å². The number of hydrogen-bond donors (Lipinski definition) is 2. The Kier molecular flexibility index (Phi) is 5.06. The van der Waals surface area contributed by atoms with Gasteiger partial charge in [-0.05, 0) is 47.9 Å². The first-order valence-electron chi connectivity index (χ1n) is 8.12. The van der Waals surface area contributed by atoms with Gasteiger partial charge in [-0.1, -0.05) is 19.1 Å². The molecule has 7 heteroatoms. The number of fused-ring (bicyclic) bond motifs is 1. The second-order valence-corrected chi connectivity index (χ2v) is 7.56. The SMILES string of the molecule is CCc1cccc(OCCNS(=O)(=O)c2ccc3c(c2)CC(=O)N3)c1. The summed E-state index contributed by atoms with van der Waals surface area (Å²) >= 11 is 0. The highest BCUT2D eigenvalue weighted by molar-refractivity contribution is 7.89. The fraction of sp³-hybridized carbons (Fsp3) is 0.278. The Bertz CT molecular complexity index is 894. The largest absolute Gasteiger partial charge is 0.492 e. The molecule has 0 fully saturated rings. The minimum absolute atomic E-state index is 0.125. The number of ether oxygens (including phenoxy) is 1. The summed E-state index contributed by atoms with van der Waals surface area (Å²) in [6.45, 7) is 2.46. The first-order valence-corrected chi connectivity index (χ1v) is 9.60. The van der Waals surface area contributed by atoms with Crippen molar-refractivity contribution in [3.63, 3.8) is 0 Å². The molecule has 0 saturated carbocycles. The van der Waals surface area contributed by atoms with E-state index in [-0.39, 0.29) is 30.4 Å². The molecule has 1 amide bonds. The summed E-state index contributed by atoms with van der Waals surface area (Å²) < 4.78 is 32.8. The lowest BCUT2D eigenvalue weighted by Gasteiger charge is -2.10. The summed E-state index contributed by atoms with van der Waals surface area (Å²) in [5.41, 5.74) is 2.53. The van der Waals surface area contributed by atoms with Gasteiger partial charge in [0.15, 0.2) is 0 Å². The van der Waals surface area contributed by atoms with Crippen molar-refractivity contribution in [2.24, 2.45) is 0 Å². The normalized spacial score (nSPS) is 13.4. The number of benzene rings is 2. The Morgan fingerprint density at radius 2 is 2.04 bits per heavy atom. The third-order valence-electron chi connectivity index (χ3n) is 3.98. The van der Waals surface area contributed by atoms with Crippen LogP contribution in [-0.2, 0) is 27.7 Å². The van der Waals surface area contributed by atoms with Gasteiger partial charge >= 0.3 is 0 Å². The number of aryl methyl sites for hydroxylation is 1. The van der Waals surface area contributed by atoms with Crippen LogP contribution in [-0.4, -0.2) is 27.5 Å². The highest BCUT2D eigenvalue weighted by atomic mass is 32.2. The molecule has 1 aliphatic heterocycles. The van der Waals surface area contributed by atoms with Crippen LogP contribution in [0.1, 0.15) is 18.1 Å². The van der Waals surface area contributed by atoms with Crippen molar-refractivity contribution in [3.8, 4) is 5.75 Å². The first kappa shape index (κ1) is 17.4. The van der Waals surface area contributed by atoms with Crippen LogP contribution in [0.15, 0.2) is 47.4 Å². The minimum atomic E-state index is -3.64. The van der Waals surface area contributed by atoms with Crippen molar-refractivity contribution >= 4 is 21.6 Å². The van der Waals surface area contributed by atoms with Gasteiger partial charge in [0.1, 0.15) is 12.4 Å². The molecule has 0 aliphatic carbocycles. The minimum Gasteiger partial charge on any atom is -0.492 e. The van der Waals surface area contributed by atoms with Crippen molar-refractivity contribution in [1.29, 1.82) is 0 Å². The molecule has 1 heterocycles. The van der Waals surface area contributed by atoms with Crippen LogP contribution in [0.2, 0.25) is 0 Å². The van der Waals surface area contributed by atoms with E-state index in [2.05, 4.69) is 17.0 Å². The quantitative estimate of drug-likeness (QED) is 0.741. The van der Waals surface area contributed by atoms with Crippen molar-refractivity contribution in [2.45, 2.75) is 24.7 Å². The molecular formula is C18H20N2O4S. The highest BCUT2D eigenvalue weighted by Crippen LogP contribution is 2.25. The van der Waals surface area contributed by atoms with Gasteiger partial charge in [0.25, 0.3) is 0 Å². The maximum atomic E-state index is 12.4.